The van der Waals surface area contributed by atoms with Crippen molar-refractivity contribution in [2.75, 3.05) is 20.1 Å². The zero-order valence-corrected chi connectivity index (χ0v) is 17.8. The van der Waals surface area contributed by atoms with E-state index in [-0.39, 0.29) is 13.0 Å². The lowest BCUT2D eigenvalue weighted by molar-refractivity contribution is -0.140. The number of ketones is 1. The summed E-state index contributed by atoms with van der Waals surface area (Å²) in [6.45, 7) is 0.365. The number of hydrogen-bond acceptors (Lipinski definition) is 7. The number of aromatic nitrogens is 1. The first-order valence-electron chi connectivity index (χ1n) is 10.4. The first-order valence-corrected chi connectivity index (χ1v) is 10.4. The van der Waals surface area contributed by atoms with Gasteiger partial charge >= 0.3 is 12.1 Å². The summed E-state index contributed by atoms with van der Waals surface area (Å²) in [5.74, 6) is -1.46. The van der Waals surface area contributed by atoms with Crippen LogP contribution >= 0.6 is 0 Å². The maximum absolute atomic E-state index is 13.0. The van der Waals surface area contributed by atoms with Crippen LogP contribution < -0.4 is 10.6 Å². The number of hydrogen-bond donors (Lipinski definition) is 2. The Morgan fingerprint density at radius 3 is 2.62 bits per heavy atom. The highest BCUT2D eigenvalue weighted by Gasteiger charge is 2.29. The Morgan fingerprint density at radius 1 is 1.19 bits per heavy atom. The van der Waals surface area contributed by atoms with Gasteiger partial charge in [0.1, 0.15) is 6.04 Å². The molecule has 1 aliphatic heterocycles. The zero-order chi connectivity index (χ0) is 22.9. The Hall–Kier alpha value is -3.59. The smallest absolute Gasteiger partial charge is 0.375 e. The van der Waals surface area contributed by atoms with Crippen LogP contribution in [-0.4, -0.2) is 65.9 Å². The van der Waals surface area contributed by atoms with Gasteiger partial charge in [0, 0.05) is 31.4 Å². The maximum atomic E-state index is 13.0. The fourth-order valence-electron chi connectivity index (χ4n) is 3.36. The second-order valence-corrected chi connectivity index (χ2v) is 7.62. The average molecular weight is 438 g/mol. The van der Waals surface area contributed by atoms with E-state index < -0.39 is 35.8 Å². The number of rotatable bonds is 8. The molecule has 2 heterocycles. The van der Waals surface area contributed by atoms with Gasteiger partial charge in [0.2, 0.25) is 0 Å². The van der Waals surface area contributed by atoms with Gasteiger partial charge in [0.25, 0.3) is 5.91 Å². The van der Waals surface area contributed by atoms with Crippen molar-refractivity contribution < 1.29 is 23.9 Å². The van der Waals surface area contributed by atoms with Crippen molar-refractivity contribution in [1.29, 1.82) is 0 Å². The van der Waals surface area contributed by atoms with Crippen molar-refractivity contribution in [1.82, 2.24) is 20.5 Å². The molecule has 0 spiro atoms. The third-order valence-electron chi connectivity index (χ3n) is 5.13. The van der Waals surface area contributed by atoms with Gasteiger partial charge in [-0.2, -0.15) is 0 Å². The molecular weight excluding hydrogens is 412 g/mol. The Labute approximate surface area is 186 Å². The SMILES string of the molecule is CN(CC(=O)C(Cc1cccnc1)NC(=O)c1ccccc1)C(=O)OC(=O)[C@@H]1CCCN1. The molecule has 0 bridgehead atoms. The molecular formula is C23H26N4O5. The van der Waals surface area contributed by atoms with Crippen molar-refractivity contribution in [3.8, 4) is 0 Å². The van der Waals surface area contributed by atoms with Crippen molar-refractivity contribution in [2.24, 2.45) is 0 Å². The Morgan fingerprint density at radius 2 is 1.97 bits per heavy atom. The molecule has 168 valence electrons. The molecule has 9 heteroatoms. The number of benzene rings is 1. The normalized spacial score (nSPS) is 16.1. The van der Waals surface area contributed by atoms with Gasteiger partial charge in [-0.15, -0.1) is 0 Å². The minimum absolute atomic E-state index is 0.207. The van der Waals surface area contributed by atoms with E-state index in [0.29, 0.717) is 18.5 Å². The van der Waals surface area contributed by atoms with Gasteiger partial charge in [-0.1, -0.05) is 24.3 Å². The number of Topliss-reactive ketones (excluding diaryl/α,β-unsaturated/α-hetero) is 1. The van der Waals surface area contributed by atoms with E-state index in [1.54, 1.807) is 54.9 Å². The number of carbonyl (C=O) groups excluding carboxylic acids is 4. The third-order valence-corrected chi connectivity index (χ3v) is 5.13. The van der Waals surface area contributed by atoms with E-state index in [9.17, 15) is 19.2 Å². The predicted octanol–water partition coefficient (Wildman–Crippen LogP) is 1.34. The third kappa shape index (κ3) is 6.45. The second-order valence-electron chi connectivity index (χ2n) is 7.62. The number of likely N-dealkylation sites (N-methyl/N-ethyl adjacent to an activating group) is 1. The van der Waals surface area contributed by atoms with E-state index >= 15 is 0 Å². The van der Waals surface area contributed by atoms with Crippen LogP contribution in [0.3, 0.4) is 0 Å². The quantitative estimate of drug-likeness (QED) is 0.472. The predicted molar refractivity (Wildman–Crippen MR) is 116 cm³/mol. The van der Waals surface area contributed by atoms with Crippen LogP contribution in [-0.2, 0) is 20.7 Å². The van der Waals surface area contributed by atoms with Crippen molar-refractivity contribution in [2.45, 2.75) is 31.3 Å². The van der Waals surface area contributed by atoms with Gasteiger partial charge < -0.3 is 20.3 Å². The zero-order valence-electron chi connectivity index (χ0n) is 17.8. The van der Waals surface area contributed by atoms with Crippen molar-refractivity contribution in [3.05, 3.63) is 66.0 Å². The highest BCUT2D eigenvalue weighted by atomic mass is 16.6. The number of nitrogens with one attached hydrogen (secondary N) is 2. The van der Waals surface area contributed by atoms with Gasteiger partial charge in [-0.3, -0.25) is 14.6 Å². The maximum Gasteiger partial charge on any atom is 0.417 e. The van der Waals surface area contributed by atoms with Crippen LogP contribution in [0.5, 0.6) is 0 Å². The number of amides is 2. The highest BCUT2D eigenvalue weighted by Crippen LogP contribution is 2.09. The van der Waals surface area contributed by atoms with Crippen LogP contribution in [0.2, 0.25) is 0 Å². The average Bonchev–Trinajstić information content (AvgIpc) is 3.35. The van der Waals surface area contributed by atoms with Crippen LogP contribution in [0.4, 0.5) is 4.79 Å². The summed E-state index contributed by atoms with van der Waals surface area (Å²) in [5.41, 5.74) is 1.17. The Balaban J connectivity index is 1.64. The van der Waals surface area contributed by atoms with E-state index in [1.165, 1.54) is 7.05 Å². The molecule has 2 aromatic rings. The molecule has 0 radical (unpaired) electrons. The summed E-state index contributed by atoms with van der Waals surface area (Å²) in [4.78, 5) is 55.0. The van der Waals surface area contributed by atoms with Gasteiger partial charge in [-0.05, 0) is 43.1 Å². The lowest BCUT2D eigenvalue weighted by atomic mass is 10.0. The molecule has 1 fully saturated rings. The van der Waals surface area contributed by atoms with Crippen LogP contribution in [0.25, 0.3) is 0 Å². The highest BCUT2D eigenvalue weighted by molar-refractivity contribution is 5.99. The summed E-state index contributed by atoms with van der Waals surface area (Å²) in [7, 11) is 1.37. The summed E-state index contributed by atoms with van der Waals surface area (Å²) >= 11 is 0. The first kappa shape index (κ1) is 23.1. The van der Waals surface area contributed by atoms with Crippen LogP contribution in [0, 0.1) is 0 Å². The molecule has 2 N–H and O–H groups in total. The van der Waals surface area contributed by atoms with Crippen molar-refractivity contribution in [3.63, 3.8) is 0 Å². The standard InChI is InChI=1S/C23H26N4O5/c1-27(23(31)32-22(30)18-10-6-12-25-18)15-20(28)19(13-16-7-5-11-24-14-16)26-21(29)17-8-3-2-4-9-17/h2-5,7-9,11,14,18-19,25H,6,10,12-13,15H2,1H3,(H,26,29)/t18-,19?/m0/s1. The molecule has 0 saturated carbocycles. The van der Waals surface area contributed by atoms with E-state index in [1.807, 2.05) is 0 Å². The van der Waals surface area contributed by atoms with E-state index in [2.05, 4.69) is 15.6 Å². The molecule has 1 aromatic heterocycles. The molecule has 2 amide bonds. The van der Waals surface area contributed by atoms with Gasteiger partial charge in [-0.25, -0.2) is 9.59 Å². The minimum Gasteiger partial charge on any atom is -0.375 e. The number of pyridine rings is 1. The molecule has 1 unspecified atom stereocenters. The van der Waals surface area contributed by atoms with Gasteiger partial charge in [0.05, 0.1) is 12.6 Å². The molecule has 2 atom stereocenters. The molecule has 1 aliphatic rings. The topological polar surface area (TPSA) is 118 Å². The largest absolute Gasteiger partial charge is 0.417 e. The van der Waals surface area contributed by atoms with Crippen LogP contribution in [0.15, 0.2) is 54.9 Å². The van der Waals surface area contributed by atoms with Gasteiger partial charge in [0.15, 0.2) is 5.78 Å². The summed E-state index contributed by atoms with van der Waals surface area (Å²) < 4.78 is 4.88. The molecule has 32 heavy (non-hydrogen) atoms. The lowest BCUT2D eigenvalue weighted by Crippen LogP contribution is -2.47. The molecule has 3 rings (SSSR count). The number of ether oxygens (including phenoxy) is 1. The van der Waals surface area contributed by atoms with Crippen molar-refractivity contribution >= 4 is 23.8 Å². The fourth-order valence-corrected chi connectivity index (χ4v) is 3.36. The van der Waals surface area contributed by atoms with Crippen LogP contribution in [0.1, 0.15) is 28.8 Å². The number of carbonyl (C=O) groups is 4. The Kier molecular flexibility index (Phi) is 8.04. The summed E-state index contributed by atoms with van der Waals surface area (Å²) in [5, 5.41) is 5.70. The lowest BCUT2D eigenvalue weighted by Gasteiger charge is -2.22. The summed E-state index contributed by atoms with van der Waals surface area (Å²) in [6, 6.07) is 10.7. The van der Waals surface area contributed by atoms with E-state index in [4.69, 9.17) is 4.74 Å². The molecule has 1 saturated heterocycles. The fraction of sp³-hybridized carbons (Fsp3) is 0.348. The number of nitrogens with zero attached hydrogens (tertiary/aromatic N) is 2. The second kappa shape index (κ2) is 11.1. The first-order chi connectivity index (χ1) is 15.4. The van der Waals surface area contributed by atoms with E-state index in [0.717, 1.165) is 16.9 Å². The Bertz CT molecular complexity index is 945. The summed E-state index contributed by atoms with van der Waals surface area (Å²) in [6.07, 6.45) is 3.96. The minimum atomic E-state index is -0.911. The molecule has 9 nitrogen and oxygen atoms in total. The molecule has 0 aliphatic carbocycles. The number of esters is 1. The molecule has 1 aromatic carbocycles. The monoisotopic (exact) mass is 438 g/mol.